The van der Waals surface area contributed by atoms with Crippen molar-refractivity contribution in [2.24, 2.45) is 0 Å². The van der Waals surface area contributed by atoms with Crippen LogP contribution in [0.15, 0.2) is 309 Å². The molecule has 0 radical (unpaired) electrons. The van der Waals surface area contributed by atoms with Crippen molar-refractivity contribution < 1.29 is 17.8 Å². The number of nitriles is 1. The molecule has 7 heteroatoms. The summed E-state index contributed by atoms with van der Waals surface area (Å²) in [7, 11) is 0. The second kappa shape index (κ2) is 22.3. The lowest BCUT2D eigenvalue weighted by Gasteiger charge is -2.45. The number of para-hydroxylation sites is 4. The zero-order chi connectivity index (χ0) is 78.6. The fourth-order valence-electron chi connectivity index (χ4n) is 15.7. The summed E-state index contributed by atoms with van der Waals surface area (Å²) in [6, 6.07) is 74.7. The summed E-state index contributed by atoms with van der Waals surface area (Å²) < 4.78 is 127. The molecule has 0 aliphatic carbocycles. The van der Waals surface area contributed by atoms with Crippen LogP contribution in [-0.4, -0.2) is 20.4 Å². The van der Waals surface area contributed by atoms with Gasteiger partial charge in [0.2, 0.25) is 0 Å². The van der Waals surface area contributed by atoms with Crippen LogP contribution in [-0.2, 0) is 10.8 Å². The van der Waals surface area contributed by atoms with Gasteiger partial charge in [0.1, 0.15) is 6.07 Å². The van der Waals surface area contributed by atoms with Crippen LogP contribution in [0.4, 0.5) is 34.1 Å². The van der Waals surface area contributed by atoms with Crippen LogP contribution in [0.1, 0.15) is 76.1 Å². The van der Waals surface area contributed by atoms with E-state index in [9.17, 15) is 16.2 Å². The number of rotatable bonds is 8. The molecule has 3 aromatic heterocycles. The molecule has 19 rings (SSSR count). The second-order valence-corrected chi connectivity index (χ2v) is 28.3. The summed E-state index contributed by atoms with van der Waals surface area (Å²) in [5.74, 6) is 0. The molecule has 0 fully saturated rings. The fourth-order valence-corrected chi connectivity index (χ4v) is 15.7. The highest BCUT2D eigenvalue weighted by molar-refractivity contribution is 7.00. The van der Waals surface area contributed by atoms with Gasteiger partial charge in [0.25, 0.3) is 6.71 Å². The van der Waals surface area contributed by atoms with Crippen LogP contribution in [0, 0.1) is 11.3 Å². The van der Waals surface area contributed by atoms with Gasteiger partial charge in [-0.2, -0.15) is 5.26 Å². The third-order valence-electron chi connectivity index (χ3n) is 20.4. The zero-order valence-corrected chi connectivity index (χ0v) is 55.7. The van der Waals surface area contributed by atoms with Crippen LogP contribution in [0.3, 0.4) is 0 Å². The minimum Gasteiger partial charge on any atom is -0.311 e. The number of fused-ring (bicyclic) bond motifs is 13. The van der Waals surface area contributed by atoms with E-state index in [0.717, 1.165) is 93.8 Å². The number of hydrogen-bond donors (Lipinski definition) is 0. The number of benzene rings is 14. The molecule has 474 valence electrons. The lowest BCUT2D eigenvalue weighted by Crippen LogP contribution is -2.61. The van der Waals surface area contributed by atoms with Gasteiger partial charge in [-0.1, -0.05) is 235 Å². The highest BCUT2D eigenvalue weighted by Crippen LogP contribution is 2.50. The minimum absolute atomic E-state index is 0.00555. The van der Waals surface area contributed by atoms with Gasteiger partial charge in [0.15, 0.2) is 0 Å². The number of anilines is 6. The average Bonchev–Trinajstić information content (AvgIpc) is 1.57. The summed E-state index contributed by atoms with van der Waals surface area (Å²) in [6.45, 7) is 12.5. The van der Waals surface area contributed by atoms with Gasteiger partial charge in [0.05, 0.1) is 67.9 Å². The molecule has 0 saturated carbocycles. The Morgan fingerprint density at radius 3 is 1.39 bits per heavy atom. The first-order chi connectivity index (χ1) is 54.2. The highest BCUT2D eigenvalue weighted by Gasteiger charge is 2.45. The molecule has 0 amide bonds. The molecule has 0 unspecified atom stereocenters. The van der Waals surface area contributed by atoms with Gasteiger partial charge in [-0.25, -0.2) is 0 Å². The quantitative estimate of drug-likeness (QED) is 0.142. The first kappa shape index (κ1) is 46.7. The summed E-state index contributed by atoms with van der Waals surface area (Å²) in [6.07, 6.45) is 0. The van der Waals surface area contributed by atoms with E-state index < -0.39 is 73.2 Å². The Hall–Kier alpha value is -12.4. The van der Waals surface area contributed by atoms with Crippen molar-refractivity contribution in [1.29, 1.82) is 5.26 Å². The summed E-state index contributed by atoms with van der Waals surface area (Å²) >= 11 is 0. The molecule has 6 nitrogen and oxygen atoms in total. The van der Waals surface area contributed by atoms with Gasteiger partial charge in [-0.05, 0) is 187 Å². The zero-order valence-electron chi connectivity index (χ0n) is 68.7. The molecular formula is C93H69BN6. The summed E-state index contributed by atoms with van der Waals surface area (Å²) in [4.78, 5) is 4.47. The average molecular weight is 1290 g/mol. The smallest absolute Gasteiger partial charge is 0.252 e. The van der Waals surface area contributed by atoms with Crippen LogP contribution in [0.5, 0.6) is 0 Å². The topological polar surface area (TPSA) is 45.1 Å². The van der Waals surface area contributed by atoms with Crippen LogP contribution in [0.2, 0.25) is 0 Å². The molecule has 0 N–H and O–H groups in total. The minimum atomic E-state index is -0.805. The van der Waals surface area contributed by atoms with Crippen molar-refractivity contribution in [2.45, 2.75) is 52.4 Å². The van der Waals surface area contributed by atoms with E-state index in [2.05, 4.69) is 188 Å². The van der Waals surface area contributed by atoms with Crippen molar-refractivity contribution in [3.05, 3.63) is 326 Å². The van der Waals surface area contributed by atoms with Crippen molar-refractivity contribution in [3.8, 4) is 56.5 Å². The van der Waals surface area contributed by atoms with Crippen LogP contribution < -0.4 is 26.2 Å². The van der Waals surface area contributed by atoms with Crippen molar-refractivity contribution >= 4 is 123 Å². The summed E-state index contributed by atoms with van der Waals surface area (Å²) in [5.41, 5.74) is 17.5. The normalized spacial score (nSPS) is 14.7. The summed E-state index contributed by atoms with van der Waals surface area (Å²) in [5, 5.41) is 15.4. The second-order valence-electron chi connectivity index (χ2n) is 28.3. The van der Waals surface area contributed by atoms with E-state index in [1.165, 1.54) is 0 Å². The lowest BCUT2D eigenvalue weighted by molar-refractivity contribution is 0.590. The standard InChI is InChI=1S/C93H69BN6/c1-92(2,3)66-40-46-84-76(52-66)77-53-67(93(4,5)6)41-47-85(77)98(84)71-56-89-91-90(57-71)99(70-49-64(60-26-12-8-13-27-60)48-65(50-70)61-28-14-9-15-29-61)88-55-69(96-80-34-20-16-30-72(80)73-31-17-21-35-81(73)96)43-44-78(88)94(91)79-51-62(59-24-10-7-11-25-59)39-45-86(79)97(89)68-42-38-63(58-95)87(54-68)100-82-36-22-18-32-74(82)75-33-19-23-37-83(75)100/h7-57H,1-6H3/i7D,10D,11D,16D,17D,20D,21D,24D,25D,30D,31D,34D,35D. The third kappa shape index (κ3) is 9.17. The number of aromatic nitrogens is 3. The molecule has 2 aliphatic rings. The van der Waals surface area contributed by atoms with Crippen LogP contribution >= 0.6 is 0 Å². The molecule has 0 bridgehead atoms. The first-order valence-corrected chi connectivity index (χ1v) is 33.7. The molecule has 100 heavy (non-hydrogen) atoms. The van der Waals surface area contributed by atoms with Crippen molar-refractivity contribution in [2.75, 3.05) is 9.80 Å². The van der Waals surface area contributed by atoms with Gasteiger partial charge in [0, 0.05) is 72.1 Å². The lowest BCUT2D eigenvalue weighted by atomic mass is 9.33. The molecule has 0 atom stereocenters. The van der Waals surface area contributed by atoms with E-state index >= 15 is 0 Å². The fraction of sp³-hybridized carbons (Fsp3) is 0.0860. The monoisotopic (exact) mass is 1290 g/mol. The predicted molar refractivity (Wildman–Crippen MR) is 422 cm³/mol. The van der Waals surface area contributed by atoms with Crippen molar-refractivity contribution in [3.63, 3.8) is 0 Å². The molecule has 5 heterocycles. The Kier molecular flexibility index (Phi) is 10.4. The molecular weight excluding hydrogens is 1210 g/mol. The maximum atomic E-state index is 11.4. The Bertz CT molecular complexity index is 6820. The predicted octanol–water partition coefficient (Wildman–Crippen LogP) is 22.5. The Labute approximate surface area is 601 Å². The van der Waals surface area contributed by atoms with Gasteiger partial charge < -0.3 is 23.5 Å². The van der Waals surface area contributed by atoms with E-state index in [-0.39, 0.29) is 50.3 Å². The first-order valence-electron chi connectivity index (χ1n) is 40.2. The Balaban J connectivity index is 1.01. The van der Waals surface area contributed by atoms with Crippen LogP contribution in [0.25, 0.3) is 116 Å². The van der Waals surface area contributed by atoms with Gasteiger partial charge in [-0.15, -0.1) is 0 Å². The molecule has 0 spiro atoms. The Morgan fingerprint density at radius 1 is 0.310 bits per heavy atom. The van der Waals surface area contributed by atoms with Crippen molar-refractivity contribution in [1.82, 2.24) is 13.7 Å². The Morgan fingerprint density at radius 2 is 0.810 bits per heavy atom. The van der Waals surface area contributed by atoms with E-state index in [1.54, 1.807) is 4.57 Å². The molecule has 14 aromatic carbocycles. The van der Waals surface area contributed by atoms with E-state index in [0.29, 0.717) is 61.9 Å². The largest absolute Gasteiger partial charge is 0.311 e. The molecule has 17 aromatic rings. The maximum absolute atomic E-state index is 11.4. The highest BCUT2D eigenvalue weighted by atomic mass is 15.2. The third-order valence-corrected chi connectivity index (χ3v) is 20.4. The maximum Gasteiger partial charge on any atom is 0.252 e. The molecule has 0 saturated heterocycles. The number of nitrogens with zero attached hydrogens (tertiary/aromatic N) is 6. The molecule has 2 aliphatic heterocycles. The van der Waals surface area contributed by atoms with Gasteiger partial charge in [-0.3, -0.25) is 0 Å². The van der Waals surface area contributed by atoms with E-state index in [1.807, 2.05) is 109 Å². The van der Waals surface area contributed by atoms with Gasteiger partial charge >= 0.3 is 0 Å². The SMILES string of the molecule is [2H]c1c([2H])c([2H])c(-c2ccc3c(c2)B2c4ccc(-n5c6c([2H])c([2H])c([2H])c([2H])c6c6c([2H])c([2H])c([2H])c([2H])c65)cc4N(c4cc(-c5ccccc5)cc(-c5ccccc5)c4)c4cc(-n5c6ccc(C(C)(C)C)cc6c6cc(C(C)(C)C)ccc65)cc(c42)N3c2ccc(C#N)c(-n3c4ccccc4c4ccccc43)c2)c([2H])c1[2H]. The van der Waals surface area contributed by atoms with E-state index in [4.69, 9.17) is 6.85 Å². The number of hydrogen-bond acceptors (Lipinski definition) is 3.